The van der Waals surface area contributed by atoms with Crippen LogP contribution in [-0.2, 0) is 25.7 Å². The predicted octanol–water partition coefficient (Wildman–Crippen LogP) is 1.86. The van der Waals surface area contributed by atoms with Gasteiger partial charge in [-0.05, 0) is 36.8 Å². The maximum atomic E-state index is 12.3. The number of esters is 1. The number of carbonyl (C=O) groups is 4. The molecule has 9 heteroatoms. The Balaban J connectivity index is 1.87. The maximum Gasteiger partial charge on any atom is 0.408 e. The Morgan fingerprint density at radius 1 is 1.00 bits per heavy atom. The molecule has 2 amide bonds. The number of alkyl carbamates (subject to hydrolysis) is 1. The number of ether oxygens (including phenoxy) is 2. The molecule has 164 valence electrons. The molecule has 1 atom stereocenters. The monoisotopic (exact) mass is 447 g/mol. The Morgan fingerprint density at radius 2 is 1.68 bits per heavy atom. The van der Waals surface area contributed by atoms with Gasteiger partial charge in [0.15, 0.2) is 0 Å². The molecular weight excluding hydrogens is 424 g/mol. The van der Waals surface area contributed by atoms with Gasteiger partial charge in [0.25, 0.3) is 0 Å². The molecule has 0 aliphatic carbocycles. The molecule has 0 aliphatic rings. The van der Waals surface area contributed by atoms with Crippen LogP contribution in [0.5, 0.6) is 0 Å². The van der Waals surface area contributed by atoms with Gasteiger partial charge in [0, 0.05) is 10.6 Å². The number of carbonyl (C=O) groups excluding carboxylic acids is 4. The lowest BCUT2D eigenvalue weighted by Gasteiger charge is -2.15. The van der Waals surface area contributed by atoms with Crippen LogP contribution in [-0.4, -0.2) is 42.9 Å². The van der Waals surface area contributed by atoms with E-state index in [0.29, 0.717) is 10.6 Å². The van der Waals surface area contributed by atoms with Crippen molar-refractivity contribution in [2.24, 2.45) is 0 Å². The zero-order valence-corrected chi connectivity index (χ0v) is 17.8. The normalized spacial score (nSPS) is 11.3. The topological polar surface area (TPSA) is 115 Å². The Hall–Kier alpha value is -3.23. The molecule has 0 aromatic heterocycles. The molecular formula is C22H24ClN2O6+. The molecule has 2 aromatic rings. The number of halogens is 1. The van der Waals surface area contributed by atoms with Crippen LogP contribution in [0.1, 0.15) is 29.3 Å². The Labute approximate surface area is 184 Å². The van der Waals surface area contributed by atoms with Gasteiger partial charge in [-0.3, -0.25) is 10.1 Å². The zero-order chi connectivity index (χ0) is 22.6. The molecule has 2 rings (SSSR count). The van der Waals surface area contributed by atoms with Crippen LogP contribution in [0.2, 0.25) is 5.02 Å². The van der Waals surface area contributed by atoms with Crippen molar-refractivity contribution >= 4 is 35.4 Å². The minimum atomic E-state index is -1.22. The number of rotatable bonds is 10. The van der Waals surface area contributed by atoms with Gasteiger partial charge in [-0.25, -0.2) is 14.4 Å². The lowest BCUT2D eigenvalue weighted by Crippen LogP contribution is -2.90. The summed E-state index contributed by atoms with van der Waals surface area (Å²) in [5.74, 6) is -1.51. The molecule has 0 aliphatic heterocycles. The predicted molar refractivity (Wildman–Crippen MR) is 112 cm³/mol. The molecule has 0 spiro atoms. The van der Waals surface area contributed by atoms with E-state index in [0.717, 1.165) is 5.56 Å². The number of Topliss-reactive ketones (excluding diaryl/α,β-unsaturated/α-hetero) is 1. The van der Waals surface area contributed by atoms with Crippen LogP contribution < -0.4 is 10.6 Å². The van der Waals surface area contributed by atoms with Gasteiger partial charge in [0.2, 0.25) is 5.78 Å². The van der Waals surface area contributed by atoms with Gasteiger partial charge < -0.3 is 14.8 Å². The summed E-state index contributed by atoms with van der Waals surface area (Å²) in [6.07, 6.45) is -1.21. The third-order valence-electron chi connectivity index (χ3n) is 4.16. The fourth-order valence-corrected chi connectivity index (χ4v) is 2.71. The fourth-order valence-electron chi connectivity index (χ4n) is 2.59. The number of quaternary nitrogens is 1. The van der Waals surface area contributed by atoms with Crippen molar-refractivity contribution in [1.29, 1.82) is 0 Å². The van der Waals surface area contributed by atoms with E-state index in [1.54, 1.807) is 55.5 Å². The van der Waals surface area contributed by atoms with E-state index >= 15 is 0 Å². The van der Waals surface area contributed by atoms with Gasteiger partial charge >= 0.3 is 18.0 Å². The van der Waals surface area contributed by atoms with Gasteiger partial charge in [0.05, 0.1) is 13.0 Å². The molecule has 0 fully saturated rings. The first-order valence-electron chi connectivity index (χ1n) is 9.67. The third-order valence-corrected chi connectivity index (χ3v) is 4.41. The number of benzene rings is 2. The van der Waals surface area contributed by atoms with E-state index in [4.69, 9.17) is 21.1 Å². The first-order chi connectivity index (χ1) is 14.9. The van der Waals surface area contributed by atoms with Crippen molar-refractivity contribution < 1.29 is 34.0 Å². The highest BCUT2D eigenvalue weighted by atomic mass is 35.5. The average molecular weight is 448 g/mol. The molecule has 2 aromatic carbocycles. The Kier molecular flexibility index (Phi) is 9.67. The highest BCUT2D eigenvalue weighted by molar-refractivity contribution is 6.30. The summed E-state index contributed by atoms with van der Waals surface area (Å²) in [5.41, 5.74) is 1.19. The van der Waals surface area contributed by atoms with E-state index in [1.807, 2.05) is 6.07 Å². The van der Waals surface area contributed by atoms with Crippen LogP contribution in [0, 0.1) is 0 Å². The van der Waals surface area contributed by atoms with Crippen LogP contribution >= 0.6 is 11.6 Å². The molecule has 0 bridgehead atoms. The second kappa shape index (κ2) is 12.5. The first-order valence-corrected chi connectivity index (χ1v) is 10.1. The zero-order valence-electron chi connectivity index (χ0n) is 17.0. The van der Waals surface area contributed by atoms with Crippen molar-refractivity contribution in [3.63, 3.8) is 0 Å². The summed E-state index contributed by atoms with van der Waals surface area (Å²) in [6, 6.07) is 14.1. The summed E-state index contributed by atoms with van der Waals surface area (Å²) in [7, 11) is 0. The molecule has 0 unspecified atom stereocenters. The number of hydrogen-bond donors (Lipinski definition) is 2. The van der Waals surface area contributed by atoms with E-state index < -0.39 is 24.0 Å². The smallest absolute Gasteiger partial charge is 0.408 e. The number of nitrogens with one attached hydrogen (secondary N) is 1. The van der Waals surface area contributed by atoms with Crippen LogP contribution in [0.15, 0.2) is 54.6 Å². The summed E-state index contributed by atoms with van der Waals surface area (Å²) in [5, 5.41) is 4.03. The summed E-state index contributed by atoms with van der Waals surface area (Å²) in [6.45, 7) is 1.57. The lowest BCUT2D eigenvalue weighted by atomic mass is 10.1. The fraction of sp³-hybridized carbons (Fsp3) is 0.273. The van der Waals surface area contributed by atoms with Crippen molar-refractivity contribution in [2.75, 3.05) is 13.2 Å². The number of nitrogens with two attached hydrogens (primary N) is 1. The van der Waals surface area contributed by atoms with Gasteiger partial charge in [0.1, 0.15) is 19.2 Å². The molecule has 0 saturated carbocycles. The van der Waals surface area contributed by atoms with E-state index in [1.165, 1.54) is 5.32 Å². The minimum Gasteiger partial charge on any atom is -0.464 e. The SMILES string of the molecule is CCOC(=O)[C@H](CC(=O)[NH2+]CC(=O)c1ccc(Cl)cc1)NC(=O)OCc1ccccc1. The Bertz CT molecular complexity index is 902. The molecule has 0 heterocycles. The highest BCUT2D eigenvalue weighted by Gasteiger charge is 2.28. The van der Waals surface area contributed by atoms with E-state index in [9.17, 15) is 19.2 Å². The van der Waals surface area contributed by atoms with E-state index in [-0.39, 0.29) is 32.0 Å². The molecule has 8 nitrogen and oxygen atoms in total. The highest BCUT2D eigenvalue weighted by Crippen LogP contribution is 2.09. The lowest BCUT2D eigenvalue weighted by molar-refractivity contribution is -0.556. The number of amides is 2. The average Bonchev–Trinajstić information content (AvgIpc) is 2.77. The molecule has 31 heavy (non-hydrogen) atoms. The molecule has 0 saturated heterocycles. The minimum absolute atomic E-state index is 0.0118. The largest absolute Gasteiger partial charge is 0.464 e. The standard InChI is InChI=1S/C22H23ClN2O6/c1-2-30-21(28)18(25-22(29)31-14-15-6-4-3-5-7-15)12-20(27)24-13-19(26)16-8-10-17(23)11-9-16/h3-11,18H,2,12-14H2,1H3,(H,24,27)(H,25,29)/p+1/t18-/m0/s1. The van der Waals surface area contributed by atoms with Crippen LogP contribution in [0.25, 0.3) is 0 Å². The second-order valence-corrected chi connectivity index (χ2v) is 6.96. The van der Waals surface area contributed by atoms with Crippen LogP contribution in [0.4, 0.5) is 4.79 Å². The van der Waals surface area contributed by atoms with Crippen molar-refractivity contribution in [3.8, 4) is 0 Å². The maximum absolute atomic E-state index is 12.3. The summed E-state index contributed by atoms with van der Waals surface area (Å²) >= 11 is 5.79. The second-order valence-electron chi connectivity index (χ2n) is 6.52. The number of ketones is 1. The van der Waals surface area contributed by atoms with Gasteiger partial charge in [-0.15, -0.1) is 0 Å². The summed E-state index contributed by atoms with van der Waals surface area (Å²) in [4.78, 5) is 48.7. The van der Waals surface area contributed by atoms with Gasteiger partial charge in [-0.2, -0.15) is 0 Å². The Morgan fingerprint density at radius 3 is 2.32 bits per heavy atom. The van der Waals surface area contributed by atoms with Crippen molar-refractivity contribution in [2.45, 2.75) is 26.0 Å². The number of hydrogen-bond acceptors (Lipinski definition) is 6. The molecule has 0 radical (unpaired) electrons. The summed E-state index contributed by atoms with van der Waals surface area (Å²) < 4.78 is 10.0. The molecule has 3 N–H and O–H groups in total. The van der Waals surface area contributed by atoms with E-state index in [2.05, 4.69) is 5.32 Å². The van der Waals surface area contributed by atoms with Crippen molar-refractivity contribution in [1.82, 2.24) is 5.32 Å². The van der Waals surface area contributed by atoms with Crippen LogP contribution in [0.3, 0.4) is 0 Å². The van der Waals surface area contributed by atoms with Crippen molar-refractivity contribution in [3.05, 3.63) is 70.7 Å². The number of primary amides is 1. The quantitative estimate of drug-likeness (QED) is 0.424. The van der Waals surface area contributed by atoms with Gasteiger partial charge in [-0.1, -0.05) is 41.9 Å². The first kappa shape index (κ1) is 24.0. The third kappa shape index (κ3) is 8.57.